The van der Waals surface area contributed by atoms with Gasteiger partial charge in [0.05, 0.1) is 51.2 Å². The Labute approximate surface area is 357 Å². The molecule has 2 heterocycles. The van der Waals surface area contributed by atoms with E-state index in [9.17, 15) is 0 Å². The van der Waals surface area contributed by atoms with Crippen molar-refractivity contribution in [2.24, 2.45) is 0 Å². The second-order valence-electron chi connectivity index (χ2n) is 15.1. The molecule has 0 saturated heterocycles. The minimum Gasteiger partial charge on any atom is -0.493 e. The average Bonchev–Trinajstić information content (AvgIpc) is 3.88. The van der Waals surface area contributed by atoms with Crippen molar-refractivity contribution in [2.45, 2.75) is 0 Å². The summed E-state index contributed by atoms with van der Waals surface area (Å²) in [5.41, 5.74) is 8.79. The van der Waals surface area contributed by atoms with Gasteiger partial charge in [-0.2, -0.15) is 0 Å². The third-order valence-electron chi connectivity index (χ3n) is 11.8. The standard InChI is InChI=1S/C54H40N2O6/c1-57-45-25-23-35(27-49(45)59-3)55(33-15-7-5-8-16-33)43-30-51-53(39-21-13-11-19-37(39)43)41-29-42-48(32-47(41)61-51)62-52-31-44(38-20-12-14-22-40(38)54(42)52)56(34-17-9-6-10-18-34)36-24-26-46(58-2)50(28-36)60-4/h5-32H,1-4H3. The highest BCUT2D eigenvalue weighted by molar-refractivity contribution is 6.28. The Kier molecular flexibility index (Phi) is 8.86. The van der Waals surface area contributed by atoms with E-state index in [1.54, 1.807) is 28.4 Å². The minimum absolute atomic E-state index is 0.642. The fourth-order valence-corrected chi connectivity index (χ4v) is 9.04. The molecule has 8 nitrogen and oxygen atoms in total. The molecule has 62 heavy (non-hydrogen) atoms. The Hall–Kier alpha value is -8.10. The van der Waals surface area contributed by atoms with Crippen LogP contribution in [-0.2, 0) is 0 Å². The van der Waals surface area contributed by atoms with Crippen molar-refractivity contribution in [1.29, 1.82) is 0 Å². The number of hydrogen-bond donors (Lipinski definition) is 0. The van der Waals surface area contributed by atoms with Crippen LogP contribution in [0.15, 0.2) is 179 Å². The summed E-state index contributed by atoms with van der Waals surface area (Å²) in [6.07, 6.45) is 0. The Morgan fingerprint density at radius 3 is 1.10 bits per heavy atom. The average molecular weight is 813 g/mol. The molecule has 0 amide bonds. The number of methoxy groups -OCH3 is 4. The zero-order valence-electron chi connectivity index (χ0n) is 34.5. The van der Waals surface area contributed by atoms with Gasteiger partial charge in [-0.15, -0.1) is 0 Å². The summed E-state index contributed by atoms with van der Waals surface area (Å²) in [6.45, 7) is 0. The van der Waals surface area contributed by atoms with Crippen LogP contribution >= 0.6 is 0 Å². The normalized spacial score (nSPS) is 11.5. The molecular weight excluding hydrogens is 773 g/mol. The molecule has 8 heteroatoms. The van der Waals surface area contributed by atoms with Gasteiger partial charge in [-0.3, -0.25) is 0 Å². The van der Waals surface area contributed by atoms with E-state index in [-0.39, 0.29) is 0 Å². The maximum atomic E-state index is 6.85. The lowest BCUT2D eigenvalue weighted by molar-refractivity contribution is 0.355. The first-order valence-electron chi connectivity index (χ1n) is 20.4. The molecular formula is C54H40N2O6. The van der Waals surface area contributed by atoms with Gasteiger partial charge >= 0.3 is 0 Å². The van der Waals surface area contributed by atoms with Crippen molar-refractivity contribution in [3.63, 3.8) is 0 Å². The van der Waals surface area contributed by atoms with E-state index in [1.807, 2.05) is 78.9 Å². The maximum Gasteiger partial charge on any atom is 0.162 e. The molecule has 0 aliphatic heterocycles. The van der Waals surface area contributed by atoms with Gasteiger partial charge in [0.1, 0.15) is 22.3 Å². The molecule has 2 aromatic heterocycles. The fraction of sp³-hybridized carbons (Fsp3) is 0.0741. The van der Waals surface area contributed by atoms with Gasteiger partial charge in [0.25, 0.3) is 0 Å². The van der Waals surface area contributed by atoms with Crippen LogP contribution in [0.25, 0.3) is 65.4 Å². The van der Waals surface area contributed by atoms with Crippen LogP contribution in [0.2, 0.25) is 0 Å². The lowest BCUT2D eigenvalue weighted by atomic mass is 9.98. The van der Waals surface area contributed by atoms with Gasteiger partial charge < -0.3 is 37.6 Å². The van der Waals surface area contributed by atoms with Crippen molar-refractivity contribution < 1.29 is 27.8 Å². The molecule has 0 spiro atoms. The van der Waals surface area contributed by atoms with Crippen LogP contribution in [0.4, 0.5) is 34.1 Å². The van der Waals surface area contributed by atoms with Gasteiger partial charge in [-0.25, -0.2) is 0 Å². The number of fused-ring (bicyclic) bond motifs is 10. The summed E-state index contributed by atoms with van der Waals surface area (Å²) in [7, 11) is 6.61. The van der Waals surface area contributed by atoms with Crippen LogP contribution in [-0.4, -0.2) is 28.4 Å². The lowest BCUT2D eigenvalue weighted by Crippen LogP contribution is -2.10. The number of rotatable bonds is 10. The summed E-state index contributed by atoms with van der Waals surface area (Å²) in [4.78, 5) is 4.47. The van der Waals surface area contributed by atoms with Crippen LogP contribution < -0.4 is 28.7 Å². The molecule has 0 aliphatic carbocycles. The zero-order valence-corrected chi connectivity index (χ0v) is 34.5. The van der Waals surface area contributed by atoms with Crippen LogP contribution in [0.1, 0.15) is 0 Å². The van der Waals surface area contributed by atoms with Crippen molar-refractivity contribution in [3.8, 4) is 23.0 Å². The highest BCUT2D eigenvalue weighted by atomic mass is 16.5. The number of benzene rings is 9. The highest BCUT2D eigenvalue weighted by Crippen LogP contribution is 2.49. The van der Waals surface area contributed by atoms with Gasteiger partial charge in [0, 0.05) is 74.0 Å². The molecule has 0 radical (unpaired) electrons. The molecule has 302 valence electrons. The minimum atomic E-state index is 0.642. The summed E-state index contributed by atoms with van der Waals surface area (Å²) < 4.78 is 36.5. The molecule has 0 bridgehead atoms. The Bertz CT molecular complexity index is 3260. The number of ether oxygens (including phenoxy) is 4. The molecule has 0 fully saturated rings. The lowest BCUT2D eigenvalue weighted by Gasteiger charge is -2.27. The predicted molar refractivity (Wildman–Crippen MR) is 252 cm³/mol. The third-order valence-corrected chi connectivity index (χ3v) is 11.8. The first kappa shape index (κ1) is 36.9. The topological polar surface area (TPSA) is 69.7 Å². The number of hydrogen-bond acceptors (Lipinski definition) is 8. The van der Waals surface area contributed by atoms with E-state index >= 15 is 0 Å². The predicted octanol–water partition coefficient (Wildman–Crippen LogP) is 14.8. The van der Waals surface area contributed by atoms with Gasteiger partial charge in [0.15, 0.2) is 23.0 Å². The first-order valence-corrected chi connectivity index (χ1v) is 20.4. The number of nitrogens with zero attached hydrogens (tertiary/aromatic N) is 2. The second kappa shape index (κ2) is 14.9. The summed E-state index contributed by atoms with van der Waals surface area (Å²) >= 11 is 0. The van der Waals surface area contributed by atoms with Crippen molar-refractivity contribution in [3.05, 3.63) is 170 Å². The fourth-order valence-electron chi connectivity index (χ4n) is 9.04. The molecule has 0 saturated carbocycles. The van der Waals surface area contributed by atoms with Crippen molar-refractivity contribution in [2.75, 3.05) is 38.2 Å². The molecule has 0 atom stereocenters. The summed E-state index contributed by atoms with van der Waals surface area (Å²) in [6, 6.07) is 58.3. The van der Waals surface area contributed by atoms with Crippen LogP contribution in [0.5, 0.6) is 23.0 Å². The van der Waals surface area contributed by atoms with Gasteiger partial charge in [-0.1, -0.05) is 84.9 Å². The van der Waals surface area contributed by atoms with E-state index in [0.29, 0.717) is 23.0 Å². The Morgan fingerprint density at radius 1 is 0.306 bits per heavy atom. The highest BCUT2D eigenvalue weighted by Gasteiger charge is 2.25. The van der Waals surface area contributed by atoms with E-state index in [2.05, 4.69) is 101 Å². The Morgan fingerprint density at radius 2 is 0.694 bits per heavy atom. The van der Waals surface area contributed by atoms with E-state index in [1.165, 1.54) is 0 Å². The number of para-hydroxylation sites is 2. The largest absolute Gasteiger partial charge is 0.493 e. The summed E-state index contributed by atoms with van der Waals surface area (Å²) in [5, 5.41) is 8.41. The summed E-state index contributed by atoms with van der Waals surface area (Å²) in [5.74, 6) is 2.61. The van der Waals surface area contributed by atoms with Gasteiger partial charge in [-0.05, 0) is 65.4 Å². The number of anilines is 6. The van der Waals surface area contributed by atoms with Crippen LogP contribution in [0, 0.1) is 0 Å². The number of furan rings is 2. The van der Waals surface area contributed by atoms with Gasteiger partial charge in [0.2, 0.25) is 0 Å². The molecule has 0 N–H and O–H groups in total. The SMILES string of the molecule is COc1ccc(N(c2ccccc2)c2cc3oc4cc5oc6cc(N(c7ccccc7)c7ccc(OC)c(OC)c7)c7ccccc7c6c5cc4c3c3ccccc23)cc1OC. The third kappa shape index (κ3) is 5.83. The van der Waals surface area contributed by atoms with E-state index < -0.39 is 0 Å². The maximum absolute atomic E-state index is 6.85. The molecule has 11 rings (SSSR count). The zero-order chi connectivity index (χ0) is 41.9. The van der Waals surface area contributed by atoms with E-state index in [0.717, 1.165) is 99.5 Å². The monoisotopic (exact) mass is 812 g/mol. The molecule has 0 unspecified atom stereocenters. The smallest absolute Gasteiger partial charge is 0.162 e. The first-order chi connectivity index (χ1) is 30.6. The van der Waals surface area contributed by atoms with Crippen molar-refractivity contribution in [1.82, 2.24) is 0 Å². The molecule has 9 aromatic carbocycles. The van der Waals surface area contributed by atoms with Crippen LogP contribution in [0.3, 0.4) is 0 Å². The second-order valence-corrected chi connectivity index (χ2v) is 15.1. The van der Waals surface area contributed by atoms with Crippen molar-refractivity contribution >= 4 is 99.5 Å². The quantitative estimate of drug-likeness (QED) is 0.135. The Balaban J connectivity index is 1.14. The molecule has 0 aliphatic rings. The molecule has 11 aromatic rings. The van der Waals surface area contributed by atoms with E-state index in [4.69, 9.17) is 27.8 Å².